The molecular weight excluding hydrogens is 333 g/mol. The normalized spacial score (nSPS) is 9.87. The van der Waals surface area contributed by atoms with E-state index in [0.29, 0.717) is 5.56 Å². The van der Waals surface area contributed by atoms with E-state index in [0.717, 1.165) is 12.1 Å². The van der Waals surface area contributed by atoms with Gasteiger partial charge in [-0.25, -0.2) is 0 Å². The van der Waals surface area contributed by atoms with E-state index in [2.05, 4.69) is 0 Å². The summed E-state index contributed by atoms with van der Waals surface area (Å²) in [6.07, 6.45) is -4.54. The first-order chi connectivity index (χ1) is 10.2. The van der Waals surface area contributed by atoms with Gasteiger partial charge in [0.05, 0.1) is 11.1 Å². The molecule has 124 valence electrons. The quantitative estimate of drug-likeness (QED) is 0.875. The highest BCUT2D eigenvalue weighted by Gasteiger charge is 2.34. The molecule has 2 amide bonds. The summed E-state index contributed by atoms with van der Waals surface area (Å²) in [5.41, 5.74) is 8.80. The Morgan fingerprint density at radius 1 is 0.783 bits per heavy atom. The van der Waals surface area contributed by atoms with Crippen LogP contribution in [0.3, 0.4) is 0 Å². The van der Waals surface area contributed by atoms with Crippen molar-refractivity contribution in [1.29, 1.82) is 0 Å². The van der Waals surface area contributed by atoms with E-state index in [9.17, 15) is 22.8 Å². The molecule has 2 rings (SSSR count). The van der Waals surface area contributed by atoms with Crippen LogP contribution in [0.2, 0.25) is 0 Å². The van der Waals surface area contributed by atoms with Crippen LogP contribution in [0.4, 0.5) is 13.2 Å². The maximum Gasteiger partial charge on any atom is 0.417 e. The summed E-state index contributed by atoms with van der Waals surface area (Å²) in [5.74, 6) is -1.46. The number of benzene rings is 2. The van der Waals surface area contributed by atoms with Crippen molar-refractivity contribution in [2.45, 2.75) is 6.18 Å². The molecule has 4 N–H and O–H groups in total. The maximum atomic E-state index is 12.2. The monoisotopic (exact) mass is 346 g/mol. The minimum Gasteiger partial charge on any atom is -0.366 e. The zero-order chi connectivity index (χ0) is 16.8. The molecule has 0 fully saturated rings. The number of rotatable bonds is 2. The van der Waals surface area contributed by atoms with Gasteiger partial charge in [-0.15, -0.1) is 12.4 Å². The van der Waals surface area contributed by atoms with E-state index < -0.39 is 23.2 Å². The molecule has 0 unspecified atom stereocenters. The second-order valence-electron chi connectivity index (χ2n) is 4.14. The molecule has 0 saturated carbocycles. The summed E-state index contributed by atoms with van der Waals surface area (Å²) >= 11 is 0. The fraction of sp³-hybridized carbons (Fsp3) is 0.0667. The fourth-order valence-electron chi connectivity index (χ4n) is 1.55. The Labute approximate surface area is 136 Å². The smallest absolute Gasteiger partial charge is 0.366 e. The van der Waals surface area contributed by atoms with Crippen molar-refractivity contribution < 1.29 is 22.8 Å². The minimum atomic E-state index is -4.54. The Morgan fingerprint density at radius 3 is 1.61 bits per heavy atom. The predicted molar refractivity (Wildman–Crippen MR) is 82.2 cm³/mol. The van der Waals surface area contributed by atoms with Gasteiger partial charge in [0, 0.05) is 5.56 Å². The molecule has 4 nitrogen and oxygen atoms in total. The van der Waals surface area contributed by atoms with Crippen molar-refractivity contribution in [1.82, 2.24) is 0 Å². The highest BCUT2D eigenvalue weighted by molar-refractivity contribution is 5.94. The summed E-state index contributed by atoms with van der Waals surface area (Å²) in [6, 6.07) is 13.2. The molecule has 0 radical (unpaired) electrons. The van der Waals surface area contributed by atoms with Gasteiger partial charge in [-0.3, -0.25) is 9.59 Å². The van der Waals surface area contributed by atoms with Crippen LogP contribution in [0, 0.1) is 0 Å². The highest BCUT2D eigenvalue weighted by atomic mass is 35.5. The lowest BCUT2D eigenvalue weighted by molar-refractivity contribution is -0.137. The van der Waals surface area contributed by atoms with Gasteiger partial charge in [-0.2, -0.15) is 13.2 Å². The third-order valence-electron chi connectivity index (χ3n) is 2.56. The molecule has 0 saturated heterocycles. The first-order valence-corrected chi connectivity index (χ1v) is 6.04. The lowest BCUT2D eigenvalue weighted by atomic mass is 10.1. The summed E-state index contributed by atoms with van der Waals surface area (Å²) < 4.78 is 36.6. The van der Waals surface area contributed by atoms with Gasteiger partial charge in [0.25, 0.3) is 0 Å². The first kappa shape index (κ1) is 20.5. The molecule has 0 aliphatic carbocycles. The van der Waals surface area contributed by atoms with E-state index in [-0.39, 0.29) is 18.3 Å². The van der Waals surface area contributed by atoms with Crippen molar-refractivity contribution in [3.05, 3.63) is 71.3 Å². The van der Waals surface area contributed by atoms with Crippen LogP contribution in [0.1, 0.15) is 26.3 Å². The number of primary amides is 2. The fourth-order valence-corrected chi connectivity index (χ4v) is 1.55. The number of halogens is 4. The van der Waals surface area contributed by atoms with Crippen LogP contribution >= 0.6 is 12.4 Å². The largest absolute Gasteiger partial charge is 0.417 e. The van der Waals surface area contributed by atoms with Crippen molar-refractivity contribution in [2.75, 3.05) is 0 Å². The van der Waals surface area contributed by atoms with Gasteiger partial charge in [0.1, 0.15) is 0 Å². The van der Waals surface area contributed by atoms with Gasteiger partial charge in [0.2, 0.25) is 11.8 Å². The molecule has 0 heterocycles. The van der Waals surface area contributed by atoms with Crippen LogP contribution in [0.25, 0.3) is 0 Å². The van der Waals surface area contributed by atoms with Crippen molar-refractivity contribution in [3.8, 4) is 0 Å². The molecule has 0 spiro atoms. The Balaban J connectivity index is 0.000000427. The third-order valence-corrected chi connectivity index (χ3v) is 2.56. The summed E-state index contributed by atoms with van der Waals surface area (Å²) in [4.78, 5) is 21.0. The van der Waals surface area contributed by atoms with Crippen LogP contribution in [-0.2, 0) is 6.18 Å². The molecule has 0 aliphatic rings. The standard InChI is InChI=1S/C8H6F3NO.C7H7NO.ClH/c9-8(10,11)6-4-2-1-3-5(6)7(12)13;8-7(9)6-4-2-1-3-5-6;/h1-4H,(H2,12,13);1-5H,(H2,8,9);1H. The second kappa shape index (κ2) is 8.79. The van der Waals surface area contributed by atoms with Gasteiger partial charge in [-0.05, 0) is 24.3 Å². The van der Waals surface area contributed by atoms with Gasteiger partial charge in [0.15, 0.2) is 0 Å². The first-order valence-electron chi connectivity index (χ1n) is 6.04. The Bertz CT molecular complexity index is 661. The van der Waals surface area contributed by atoms with Crippen molar-refractivity contribution >= 4 is 24.2 Å². The summed E-state index contributed by atoms with van der Waals surface area (Å²) in [7, 11) is 0. The minimum absolute atomic E-state index is 0. The van der Waals surface area contributed by atoms with Gasteiger partial charge in [-0.1, -0.05) is 30.3 Å². The van der Waals surface area contributed by atoms with Crippen LogP contribution in [0.15, 0.2) is 54.6 Å². The Hall–Kier alpha value is -2.54. The molecule has 0 atom stereocenters. The molecule has 8 heteroatoms. The highest BCUT2D eigenvalue weighted by Crippen LogP contribution is 2.31. The lowest BCUT2D eigenvalue weighted by Crippen LogP contribution is -2.18. The molecule has 0 aliphatic heterocycles. The SMILES string of the molecule is Cl.NC(=O)c1ccccc1.NC(=O)c1ccccc1C(F)(F)F. The topological polar surface area (TPSA) is 86.2 Å². The maximum absolute atomic E-state index is 12.2. The average Bonchev–Trinajstić information content (AvgIpc) is 2.48. The second-order valence-corrected chi connectivity index (χ2v) is 4.14. The number of hydrogen-bond acceptors (Lipinski definition) is 2. The van der Waals surface area contributed by atoms with Crippen LogP contribution in [0.5, 0.6) is 0 Å². The number of alkyl halides is 3. The summed E-state index contributed by atoms with van der Waals surface area (Å²) in [6.45, 7) is 0. The molecule has 2 aromatic rings. The Kier molecular flexibility index (Phi) is 7.82. The van der Waals surface area contributed by atoms with Crippen molar-refractivity contribution in [2.24, 2.45) is 11.5 Å². The van der Waals surface area contributed by atoms with E-state index in [1.807, 2.05) is 6.07 Å². The average molecular weight is 347 g/mol. The molecular formula is C15H14ClF3N2O2. The Morgan fingerprint density at radius 2 is 1.26 bits per heavy atom. The molecule has 23 heavy (non-hydrogen) atoms. The number of hydrogen-bond donors (Lipinski definition) is 2. The lowest BCUT2D eigenvalue weighted by Gasteiger charge is -2.09. The molecule has 0 aromatic heterocycles. The zero-order valence-electron chi connectivity index (χ0n) is 11.7. The number of nitrogens with two attached hydrogens (primary N) is 2. The third kappa shape index (κ3) is 6.39. The predicted octanol–water partition coefficient (Wildman–Crippen LogP) is 3.01. The van der Waals surface area contributed by atoms with Crippen molar-refractivity contribution in [3.63, 3.8) is 0 Å². The molecule has 0 bridgehead atoms. The van der Waals surface area contributed by atoms with E-state index in [1.165, 1.54) is 12.1 Å². The van der Waals surface area contributed by atoms with Crippen LogP contribution < -0.4 is 11.5 Å². The van der Waals surface area contributed by atoms with E-state index >= 15 is 0 Å². The van der Waals surface area contributed by atoms with Gasteiger partial charge < -0.3 is 11.5 Å². The molecule has 2 aromatic carbocycles. The van der Waals surface area contributed by atoms with Gasteiger partial charge >= 0.3 is 6.18 Å². The van der Waals surface area contributed by atoms with E-state index in [1.54, 1.807) is 24.3 Å². The zero-order valence-corrected chi connectivity index (χ0v) is 12.5. The number of carbonyl (C=O) groups is 2. The van der Waals surface area contributed by atoms with Crippen LogP contribution in [-0.4, -0.2) is 11.8 Å². The summed E-state index contributed by atoms with van der Waals surface area (Å²) in [5, 5.41) is 0. The number of carbonyl (C=O) groups excluding carboxylic acids is 2. The van der Waals surface area contributed by atoms with E-state index in [4.69, 9.17) is 11.5 Å². The number of amides is 2.